The third-order valence-electron chi connectivity index (χ3n) is 5.21. The van der Waals surface area contributed by atoms with Crippen molar-refractivity contribution in [1.82, 2.24) is 5.32 Å². The lowest BCUT2D eigenvalue weighted by atomic mass is 9.91. The third kappa shape index (κ3) is 1.72. The number of nitrogens with zero attached hydrogens (tertiary/aromatic N) is 1. The molecule has 1 heterocycles. The topological polar surface area (TPSA) is 62.1 Å². The van der Waals surface area contributed by atoms with E-state index in [2.05, 4.69) is 18.0 Å². The highest BCUT2D eigenvalue weighted by Crippen LogP contribution is 2.71. The Kier molecular flexibility index (Phi) is 2.90. The van der Waals surface area contributed by atoms with E-state index in [1.165, 1.54) is 0 Å². The zero-order valence-corrected chi connectivity index (χ0v) is 11.2. The molecule has 3 rings (SSSR count). The molecule has 3 aliphatic rings. The van der Waals surface area contributed by atoms with Gasteiger partial charge in [0.05, 0.1) is 18.2 Å². The maximum atomic E-state index is 12.5. The second-order valence-electron chi connectivity index (χ2n) is 6.12. The maximum absolute atomic E-state index is 12.5. The molecular formula is C15H20N2O2. The molecule has 3 atom stereocenters. The normalized spacial score (nSPS) is 38.9. The molecule has 1 aliphatic heterocycles. The molecule has 1 N–H and O–H groups in total. The summed E-state index contributed by atoms with van der Waals surface area (Å²) in [5, 5.41) is 12.5. The van der Waals surface area contributed by atoms with E-state index < -0.39 is 5.41 Å². The van der Waals surface area contributed by atoms with Gasteiger partial charge in [-0.15, -0.1) is 6.58 Å². The van der Waals surface area contributed by atoms with Crippen LogP contribution in [-0.2, 0) is 9.53 Å². The largest absolute Gasteiger partial charge is 0.372 e. The molecule has 0 aromatic heterocycles. The SMILES string of the molecule is C=C[C@@H]1OCC[C@H]1NC(=O)[C@@]1(C#N)CC12CCCC2. The molecule has 1 spiro atoms. The molecule has 19 heavy (non-hydrogen) atoms. The van der Waals surface area contributed by atoms with Crippen LogP contribution in [0.5, 0.6) is 0 Å². The second kappa shape index (κ2) is 4.35. The van der Waals surface area contributed by atoms with Gasteiger partial charge in [0, 0.05) is 12.0 Å². The number of ether oxygens (including phenoxy) is 1. The summed E-state index contributed by atoms with van der Waals surface area (Å²) in [5.41, 5.74) is -0.785. The molecule has 1 saturated heterocycles. The first-order chi connectivity index (χ1) is 9.17. The molecule has 0 aromatic rings. The lowest BCUT2D eigenvalue weighted by Gasteiger charge is -2.21. The molecule has 0 aromatic carbocycles. The van der Waals surface area contributed by atoms with Gasteiger partial charge in [-0.3, -0.25) is 4.79 Å². The van der Waals surface area contributed by atoms with E-state index >= 15 is 0 Å². The van der Waals surface area contributed by atoms with Gasteiger partial charge in [-0.05, 0) is 25.7 Å². The Balaban J connectivity index is 1.71. The Bertz CT molecular complexity index is 448. The average molecular weight is 260 g/mol. The summed E-state index contributed by atoms with van der Waals surface area (Å²) in [6.45, 7) is 4.37. The fourth-order valence-electron chi connectivity index (χ4n) is 3.94. The van der Waals surface area contributed by atoms with E-state index in [9.17, 15) is 10.1 Å². The summed E-state index contributed by atoms with van der Waals surface area (Å²) in [5.74, 6) is -0.0840. The van der Waals surface area contributed by atoms with Crippen LogP contribution in [0.25, 0.3) is 0 Å². The highest BCUT2D eigenvalue weighted by atomic mass is 16.5. The van der Waals surface area contributed by atoms with Crippen molar-refractivity contribution in [2.24, 2.45) is 10.8 Å². The zero-order chi connectivity index (χ0) is 13.5. The van der Waals surface area contributed by atoms with Crippen LogP contribution < -0.4 is 5.32 Å². The van der Waals surface area contributed by atoms with E-state index in [1.807, 2.05) is 0 Å². The molecule has 2 saturated carbocycles. The first kappa shape index (κ1) is 12.7. The van der Waals surface area contributed by atoms with Gasteiger partial charge >= 0.3 is 0 Å². The minimum Gasteiger partial charge on any atom is -0.372 e. The van der Waals surface area contributed by atoms with Crippen LogP contribution in [0.15, 0.2) is 12.7 Å². The van der Waals surface area contributed by atoms with Gasteiger partial charge in [0.1, 0.15) is 5.41 Å². The predicted octanol–water partition coefficient (Wildman–Crippen LogP) is 1.92. The number of carbonyl (C=O) groups is 1. The minimum absolute atomic E-state index is 0.0189. The number of hydrogen-bond donors (Lipinski definition) is 1. The van der Waals surface area contributed by atoms with Gasteiger partial charge in [-0.1, -0.05) is 18.9 Å². The maximum Gasteiger partial charge on any atom is 0.241 e. The summed E-state index contributed by atoms with van der Waals surface area (Å²) < 4.78 is 5.48. The average Bonchev–Trinajstić information content (AvgIpc) is 2.75. The van der Waals surface area contributed by atoms with Crippen molar-refractivity contribution in [3.8, 4) is 6.07 Å². The molecule has 1 amide bonds. The van der Waals surface area contributed by atoms with Crippen LogP contribution >= 0.6 is 0 Å². The lowest BCUT2D eigenvalue weighted by molar-refractivity contribution is -0.126. The van der Waals surface area contributed by atoms with E-state index in [0.717, 1.165) is 38.5 Å². The van der Waals surface area contributed by atoms with Gasteiger partial charge in [0.25, 0.3) is 0 Å². The monoisotopic (exact) mass is 260 g/mol. The Labute approximate surface area is 113 Å². The Morgan fingerprint density at radius 3 is 2.84 bits per heavy atom. The van der Waals surface area contributed by atoms with Crippen LogP contribution in [0.1, 0.15) is 38.5 Å². The van der Waals surface area contributed by atoms with E-state index in [1.54, 1.807) is 6.08 Å². The second-order valence-corrected chi connectivity index (χ2v) is 6.12. The number of nitrogens with one attached hydrogen (secondary N) is 1. The van der Waals surface area contributed by atoms with Crippen LogP contribution in [0, 0.1) is 22.2 Å². The highest BCUT2D eigenvalue weighted by Gasteiger charge is 2.73. The van der Waals surface area contributed by atoms with Gasteiger partial charge in [0.2, 0.25) is 5.91 Å². The smallest absolute Gasteiger partial charge is 0.241 e. The van der Waals surface area contributed by atoms with Crippen molar-refractivity contribution in [3.63, 3.8) is 0 Å². The lowest BCUT2D eigenvalue weighted by Crippen LogP contribution is -2.44. The number of carbonyl (C=O) groups excluding carboxylic acids is 1. The number of nitriles is 1. The van der Waals surface area contributed by atoms with E-state index in [4.69, 9.17) is 4.74 Å². The van der Waals surface area contributed by atoms with Gasteiger partial charge in [-0.25, -0.2) is 0 Å². The zero-order valence-electron chi connectivity index (χ0n) is 11.2. The summed E-state index contributed by atoms with van der Waals surface area (Å²) in [4.78, 5) is 12.5. The quantitative estimate of drug-likeness (QED) is 0.789. The molecule has 4 heteroatoms. The molecule has 2 aliphatic carbocycles. The van der Waals surface area contributed by atoms with Crippen molar-refractivity contribution in [3.05, 3.63) is 12.7 Å². The first-order valence-corrected chi connectivity index (χ1v) is 7.14. The number of amides is 1. The summed E-state index contributed by atoms with van der Waals surface area (Å²) in [7, 11) is 0. The fourth-order valence-corrected chi connectivity index (χ4v) is 3.94. The van der Waals surface area contributed by atoms with Gasteiger partial charge in [-0.2, -0.15) is 5.26 Å². The summed E-state index contributed by atoms with van der Waals surface area (Å²) in [6.07, 6.45) is 7.52. The van der Waals surface area contributed by atoms with Gasteiger partial charge < -0.3 is 10.1 Å². The Hall–Kier alpha value is -1.34. The molecular weight excluding hydrogens is 240 g/mol. The van der Waals surface area contributed by atoms with Crippen molar-refractivity contribution in [2.45, 2.75) is 50.7 Å². The third-order valence-corrected chi connectivity index (χ3v) is 5.21. The molecule has 3 fully saturated rings. The minimum atomic E-state index is -0.766. The van der Waals surface area contributed by atoms with Crippen LogP contribution in [0.2, 0.25) is 0 Å². The van der Waals surface area contributed by atoms with Crippen LogP contribution in [0.4, 0.5) is 0 Å². The van der Waals surface area contributed by atoms with Crippen molar-refractivity contribution in [1.29, 1.82) is 5.26 Å². The van der Waals surface area contributed by atoms with Gasteiger partial charge in [0.15, 0.2) is 0 Å². The fraction of sp³-hybridized carbons (Fsp3) is 0.733. The summed E-state index contributed by atoms with van der Waals surface area (Å²) in [6, 6.07) is 2.29. The molecule has 4 nitrogen and oxygen atoms in total. The van der Waals surface area contributed by atoms with E-state index in [-0.39, 0.29) is 23.5 Å². The Morgan fingerprint density at radius 1 is 1.47 bits per heavy atom. The van der Waals surface area contributed by atoms with Crippen molar-refractivity contribution in [2.75, 3.05) is 6.61 Å². The molecule has 0 unspecified atom stereocenters. The van der Waals surface area contributed by atoms with Crippen molar-refractivity contribution < 1.29 is 9.53 Å². The highest BCUT2D eigenvalue weighted by molar-refractivity contribution is 5.90. The Morgan fingerprint density at radius 2 is 2.21 bits per heavy atom. The number of hydrogen-bond acceptors (Lipinski definition) is 3. The molecule has 102 valence electrons. The van der Waals surface area contributed by atoms with Crippen molar-refractivity contribution >= 4 is 5.91 Å². The van der Waals surface area contributed by atoms with Crippen LogP contribution in [-0.4, -0.2) is 24.7 Å². The molecule has 0 radical (unpaired) electrons. The van der Waals surface area contributed by atoms with E-state index in [0.29, 0.717) is 6.61 Å². The molecule has 0 bridgehead atoms. The number of rotatable bonds is 3. The summed E-state index contributed by atoms with van der Waals surface area (Å²) >= 11 is 0. The standard InChI is InChI=1S/C15H20N2O2/c1-2-12-11(5-8-19-12)17-13(18)15(10-16)9-14(15)6-3-4-7-14/h2,11-12H,1,3-9H2,(H,17,18)/t11-,12+,15+/m1/s1. The first-order valence-electron chi connectivity index (χ1n) is 7.14. The predicted molar refractivity (Wildman–Crippen MR) is 70.0 cm³/mol. The van der Waals surface area contributed by atoms with Crippen LogP contribution in [0.3, 0.4) is 0 Å².